The molecule has 3 aromatic rings. The topological polar surface area (TPSA) is 67.1 Å². The molecule has 31 heavy (non-hydrogen) atoms. The number of ether oxygens (including phenoxy) is 2. The quantitative estimate of drug-likeness (QED) is 0.588. The lowest BCUT2D eigenvalue weighted by atomic mass is 10.0. The van der Waals surface area contributed by atoms with Gasteiger partial charge >= 0.3 is 6.18 Å². The van der Waals surface area contributed by atoms with E-state index in [0.717, 1.165) is 17.7 Å². The Labute approximate surface area is 175 Å². The lowest BCUT2D eigenvalue weighted by Gasteiger charge is -2.08. The van der Waals surface area contributed by atoms with Crippen molar-refractivity contribution in [3.8, 4) is 22.6 Å². The van der Waals surface area contributed by atoms with Crippen molar-refractivity contribution in [2.75, 3.05) is 6.79 Å². The first kappa shape index (κ1) is 20.3. The Hall–Kier alpha value is -3.94. The molecule has 2 heterocycles. The fourth-order valence-electron chi connectivity index (χ4n) is 3.14. The van der Waals surface area contributed by atoms with Crippen LogP contribution in [0.1, 0.15) is 16.8 Å². The van der Waals surface area contributed by atoms with E-state index in [0.29, 0.717) is 22.8 Å². The molecule has 1 aromatic heterocycles. The van der Waals surface area contributed by atoms with Crippen molar-refractivity contribution in [2.45, 2.75) is 6.18 Å². The molecule has 0 fully saturated rings. The summed E-state index contributed by atoms with van der Waals surface area (Å²) in [5.74, 6) is 1.20. The van der Waals surface area contributed by atoms with E-state index in [1.54, 1.807) is 36.5 Å². The first-order valence-electron chi connectivity index (χ1n) is 9.31. The zero-order valence-corrected chi connectivity index (χ0v) is 16.1. The molecule has 0 saturated carbocycles. The smallest absolute Gasteiger partial charge is 0.416 e. The predicted molar refractivity (Wildman–Crippen MR) is 111 cm³/mol. The largest absolute Gasteiger partial charge is 0.454 e. The second-order valence-corrected chi connectivity index (χ2v) is 6.61. The Morgan fingerprint density at radius 3 is 2.35 bits per heavy atom. The Morgan fingerprint density at radius 2 is 1.61 bits per heavy atom. The van der Waals surface area contributed by atoms with Crippen LogP contribution in [0.2, 0.25) is 0 Å². The second kappa shape index (κ2) is 8.43. The molecule has 158 valence electrons. The van der Waals surface area contributed by atoms with Crippen LogP contribution in [0.5, 0.6) is 11.5 Å². The van der Waals surface area contributed by atoms with Gasteiger partial charge in [-0.1, -0.05) is 24.3 Å². The maximum Gasteiger partial charge on any atom is 0.416 e. The fourth-order valence-corrected chi connectivity index (χ4v) is 3.14. The molecular weight excluding hydrogens is 409 g/mol. The van der Waals surface area contributed by atoms with Crippen LogP contribution < -0.4 is 15.0 Å². The molecule has 4 rings (SSSR count). The molecule has 1 aliphatic heterocycles. The summed E-state index contributed by atoms with van der Waals surface area (Å²) in [7, 11) is 0. The monoisotopic (exact) mass is 426 g/mol. The van der Waals surface area contributed by atoms with Crippen molar-refractivity contribution in [3.05, 3.63) is 94.2 Å². The van der Waals surface area contributed by atoms with Gasteiger partial charge in [0.2, 0.25) is 6.79 Å². The van der Waals surface area contributed by atoms with Gasteiger partial charge in [-0.05, 0) is 48.0 Å². The van der Waals surface area contributed by atoms with E-state index < -0.39 is 17.3 Å². The number of fused-ring (bicyclic) bond motifs is 1. The highest BCUT2D eigenvalue weighted by molar-refractivity contribution is 5.80. The third-order valence-electron chi connectivity index (χ3n) is 4.61. The molecule has 8 heteroatoms. The van der Waals surface area contributed by atoms with E-state index in [9.17, 15) is 18.0 Å². The van der Waals surface area contributed by atoms with Crippen LogP contribution in [-0.4, -0.2) is 16.8 Å². The van der Waals surface area contributed by atoms with E-state index in [4.69, 9.17) is 9.47 Å². The minimum Gasteiger partial charge on any atom is -0.454 e. The summed E-state index contributed by atoms with van der Waals surface area (Å²) >= 11 is 0. The van der Waals surface area contributed by atoms with E-state index >= 15 is 0 Å². The number of para-hydroxylation sites is 1. The minimum absolute atomic E-state index is 0.120. The Kier molecular flexibility index (Phi) is 5.53. The van der Waals surface area contributed by atoms with Gasteiger partial charge in [0.25, 0.3) is 5.56 Å². The van der Waals surface area contributed by atoms with E-state index in [2.05, 4.69) is 9.97 Å². The van der Waals surface area contributed by atoms with Crippen molar-refractivity contribution < 1.29 is 22.6 Å². The molecule has 0 spiro atoms. The molecule has 0 aliphatic carbocycles. The number of nitrogens with one attached hydrogen (secondary N) is 2. The van der Waals surface area contributed by atoms with Crippen LogP contribution in [0.3, 0.4) is 0 Å². The van der Waals surface area contributed by atoms with E-state index in [-0.39, 0.29) is 12.4 Å². The van der Waals surface area contributed by atoms with Gasteiger partial charge in [-0.2, -0.15) is 13.2 Å². The summed E-state index contributed by atoms with van der Waals surface area (Å²) < 4.78 is 49.7. The van der Waals surface area contributed by atoms with Gasteiger partial charge in [0, 0.05) is 18.0 Å². The van der Waals surface area contributed by atoms with Crippen molar-refractivity contribution in [1.29, 1.82) is 0 Å². The number of hydrogen-bond acceptors (Lipinski definition) is 3. The fraction of sp³-hybridized carbons (Fsp3) is 0.0870. The van der Waals surface area contributed by atoms with Gasteiger partial charge in [0.05, 0.1) is 16.8 Å². The molecule has 0 unspecified atom stereocenters. The number of alkyl halides is 3. The third-order valence-corrected chi connectivity index (χ3v) is 4.61. The number of halogens is 3. The van der Waals surface area contributed by atoms with Gasteiger partial charge in [-0.15, -0.1) is 0 Å². The van der Waals surface area contributed by atoms with Gasteiger partial charge < -0.3 is 19.4 Å². The zero-order chi connectivity index (χ0) is 21.8. The number of rotatable bonds is 3. The van der Waals surface area contributed by atoms with Crippen LogP contribution in [0.4, 0.5) is 13.2 Å². The maximum absolute atomic E-state index is 13.0. The van der Waals surface area contributed by atoms with Gasteiger partial charge in [-0.25, -0.2) is 0 Å². The van der Waals surface area contributed by atoms with Crippen molar-refractivity contribution >= 4 is 12.2 Å². The lowest BCUT2D eigenvalue weighted by molar-refractivity contribution is -0.137. The molecule has 0 atom stereocenters. The average molecular weight is 426 g/mol. The summed E-state index contributed by atoms with van der Waals surface area (Å²) in [5, 5.41) is 0. The van der Waals surface area contributed by atoms with Crippen molar-refractivity contribution in [2.24, 2.45) is 0 Å². The minimum atomic E-state index is -4.46. The number of hydrogen-bond donors (Lipinski definition) is 2. The van der Waals surface area contributed by atoms with E-state index in [1.165, 1.54) is 18.3 Å². The molecule has 1 aliphatic rings. The van der Waals surface area contributed by atoms with Crippen LogP contribution >= 0.6 is 0 Å². The standard InChI is InChI=1S/C23H17F3N2O3/c24-23(25,26)17-9-6-15(7-10-17)20-18(27-12-1-2-13-28-22(20)29)11-8-16-4-3-5-19-21(16)31-14-30-19/h1-13,27H,14H2,(H,28,29)/b11-8+,12-1?,13-2?,20-18?. The molecule has 0 radical (unpaired) electrons. The molecular formula is C23H17F3N2O3. The highest BCUT2D eigenvalue weighted by Crippen LogP contribution is 2.36. The number of aromatic nitrogens is 2. The van der Waals surface area contributed by atoms with Crippen LogP contribution in [0.25, 0.3) is 23.3 Å². The molecule has 2 N–H and O–H groups in total. The third kappa shape index (κ3) is 4.48. The highest BCUT2D eigenvalue weighted by Gasteiger charge is 2.30. The number of benzene rings is 2. The normalized spacial score (nSPS) is 12.7. The second-order valence-electron chi connectivity index (χ2n) is 6.61. The molecule has 0 amide bonds. The molecule has 5 nitrogen and oxygen atoms in total. The van der Waals surface area contributed by atoms with Crippen LogP contribution in [0.15, 0.2) is 71.8 Å². The SMILES string of the molecule is O=c1[nH]cccc[nH]c(/C=C/c2cccc3c2OCO3)c1-c1ccc(C(F)(F)F)cc1. The van der Waals surface area contributed by atoms with Crippen LogP contribution in [0, 0.1) is 0 Å². The first-order valence-corrected chi connectivity index (χ1v) is 9.31. The summed E-state index contributed by atoms with van der Waals surface area (Å²) in [5.41, 5.74) is 0.393. The summed E-state index contributed by atoms with van der Waals surface area (Å²) in [6.07, 6.45) is 2.02. The first-order chi connectivity index (χ1) is 14.9. The molecule has 0 saturated heterocycles. The Balaban J connectivity index is 1.85. The summed E-state index contributed by atoms with van der Waals surface area (Å²) in [6, 6.07) is 13.2. The zero-order valence-electron chi connectivity index (χ0n) is 16.1. The van der Waals surface area contributed by atoms with Crippen LogP contribution in [-0.2, 0) is 6.18 Å². The highest BCUT2D eigenvalue weighted by atomic mass is 19.4. The van der Waals surface area contributed by atoms with Gasteiger partial charge in [-0.3, -0.25) is 4.79 Å². The predicted octanol–water partition coefficient (Wildman–Crippen LogP) is 5.41. The van der Waals surface area contributed by atoms with Crippen molar-refractivity contribution in [3.63, 3.8) is 0 Å². The van der Waals surface area contributed by atoms with E-state index in [1.807, 2.05) is 12.1 Å². The molecule has 0 bridgehead atoms. The maximum atomic E-state index is 13.0. The lowest BCUT2D eigenvalue weighted by Crippen LogP contribution is -2.09. The molecule has 2 aromatic carbocycles. The van der Waals surface area contributed by atoms with Crippen molar-refractivity contribution in [1.82, 2.24) is 9.97 Å². The average Bonchev–Trinajstić information content (AvgIpc) is 3.25. The Bertz CT molecular complexity index is 1220. The van der Waals surface area contributed by atoms with Gasteiger partial charge in [0.15, 0.2) is 11.5 Å². The number of H-pyrrole nitrogens is 2. The Morgan fingerprint density at radius 1 is 0.871 bits per heavy atom. The number of aromatic amines is 2. The van der Waals surface area contributed by atoms with Gasteiger partial charge in [0.1, 0.15) is 0 Å². The summed E-state index contributed by atoms with van der Waals surface area (Å²) in [6.45, 7) is 0.120. The summed E-state index contributed by atoms with van der Waals surface area (Å²) in [4.78, 5) is 18.5.